The number of rotatable bonds is 2. The van der Waals surface area contributed by atoms with Gasteiger partial charge in [0.05, 0.1) is 11.5 Å². The Morgan fingerprint density at radius 1 is 1.28 bits per heavy atom. The average molecular weight is 241 g/mol. The van der Waals surface area contributed by atoms with E-state index in [1.807, 2.05) is 0 Å². The van der Waals surface area contributed by atoms with Crippen LogP contribution >= 0.6 is 0 Å². The number of aryl methyl sites for hydroxylation is 2. The highest BCUT2D eigenvalue weighted by Gasteiger charge is 2.34. The van der Waals surface area contributed by atoms with Gasteiger partial charge in [-0.25, -0.2) is 0 Å². The molecule has 0 radical (unpaired) electrons. The zero-order chi connectivity index (χ0) is 13.2. The first-order valence-electron chi connectivity index (χ1n) is 7.02. The Kier molecular flexibility index (Phi) is 3.76. The molecule has 1 aliphatic rings. The van der Waals surface area contributed by atoms with Gasteiger partial charge in [-0.3, -0.25) is 0 Å². The van der Waals surface area contributed by atoms with Gasteiger partial charge in [-0.2, -0.15) is 5.26 Å². The maximum absolute atomic E-state index is 9.60. The number of benzene rings is 1. The molecule has 1 aliphatic carbocycles. The second-order valence-electron chi connectivity index (χ2n) is 6.18. The third-order valence-corrected chi connectivity index (χ3v) is 4.50. The first-order chi connectivity index (χ1) is 8.54. The zero-order valence-corrected chi connectivity index (χ0v) is 11.8. The fraction of sp³-hybridized carbons (Fsp3) is 0.588. The molecule has 0 aromatic heterocycles. The second kappa shape index (κ2) is 5.14. The summed E-state index contributed by atoms with van der Waals surface area (Å²) in [6.45, 7) is 6.59. The summed E-state index contributed by atoms with van der Waals surface area (Å²) >= 11 is 0. The standard InChI is InChI=1S/C17H23N/c1-13-6-8-17(12-18,9-7-13)11-16-10-14(2)4-5-15(16)3/h4-5,10,13H,6-9,11H2,1-3H3. The predicted octanol–water partition coefficient (Wildman–Crippen LogP) is 4.57. The monoisotopic (exact) mass is 241 g/mol. The predicted molar refractivity (Wildman–Crippen MR) is 75.3 cm³/mol. The third-order valence-electron chi connectivity index (χ3n) is 4.50. The van der Waals surface area contributed by atoms with Crippen LogP contribution in [0, 0.1) is 36.5 Å². The van der Waals surface area contributed by atoms with Crippen molar-refractivity contribution >= 4 is 0 Å². The number of hydrogen-bond donors (Lipinski definition) is 0. The summed E-state index contributed by atoms with van der Waals surface area (Å²) in [4.78, 5) is 0. The lowest BCUT2D eigenvalue weighted by Gasteiger charge is -2.34. The molecule has 18 heavy (non-hydrogen) atoms. The number of nitrogens with zero attached hydrogens (tertiary/aromatic N) is 1. The van der Waals surface area contributed by atoms with Gasteiger partial charge in [-0.15, -0.1) is 0 Å². The molecule has 1 fully saturated rings. The number of hydrogen-bond acceptors (Lipinski definition) is 1. The normalized spacial score (nSPS) is 27.8. The van der Waals surface area contributed by atoms with Gasteiger partial charge < -0.3 is 0 Å². The van der Waals surface area contributed by atoms with E-state index in [0.29, 0.717) is 0 Å². The van der Waals surface area contributed by atoms with Crippen molar-refractivity contribution in [2.24, 2.45) is 11.3 Å². The molecule has 0 amide bonds. The molecule has 0 heterocycles. The smallest absolute Gasteiger partial charge is 0.0693 e. The summed E-state index contributed by atoms with van der Waals surface area (Å²) < 4.78 is 0. The van der Waals surface area contributed by atoms with E-state index in [-0.39, 0.29) is 5.41 Å². The van der Waals surface area contributed by atoms with E-state index in [9.17, 15) is 5.26 Å². The van der Waals surface area contributed by atoms with E-state index in [1.54, 1.807) is 0 Å². The van der Waals surface area contributed by atoms with Crippen molar-refractivity contribution < 1.29 is 0 Å². The molecule has 1 aromatic carbocycles. The zero-order valence-electron chi connectivity index (χ0n) is 11.8. The van der Waals surface area contributed by atoms with E-state index >= 15 is 0 Å². The SMILES string of the molecule is Cc1ccc(C)c(CC2(C#N)CCC(C)CC2)c1. The van der Waals surface area contributed by atoms with Crippen molar-refractivity contribution in [2.75, 3.05) is 0 Å². The summed E-state index contributed by atoms with van der Waals surface area (Å²) in [5.41, 5.74) is 3.89. The summed E-state index contributed by atoms with van der Waals surface area (Å²) in [6, 6.07) is 9.22. The molecule has 0 spiro atoms. The Morgan fingerprint density at radius 2 is 1.94 bits per heavy atom. The van der Waals surface area contributed by atoms with Gasteiger partial charge in [0.1, 0.15) is 0 Å². The summed E-state index contributed by atoms with van der Waals surface area (Å²) in [7, 11) is 0. The minimum Gasteiger partial charge on any atom is -0.198 e. The van der Waals surface area contributed by atoms with Crippen LogP contribution in [0.1, 0.15) is 49.3 Å². The maximum atomic E-state index is 9.60. The second-order valence-corrected chi connectivity index (χ2v) is 6.18. The Hall–Kier alpha value is -1.29. The van der Waals surface area contributed by atoms with Crippen LogP contribution in [0.5, 0.6) is 0 Å². The van der Waals surface area contributed by atoms with Crippen molar-refractivity contribution in [2.45, 2.75) is 52.9 Å². The topological polar surface area (TPSA) is 23.8 Å². The van der Waals surface area contributed by atoms with E-state index in [0.717, 1.165) is 25.2 Å². The van der Waals surface area contributed by atoms with Crippen LogP contribution in [0.3, 0.4) is 0 Å². The molecule has 0 aliphatic heterocycles. The maximum Gasteiger partial charge on any atom is 0.0693 e. The van der Waals surface area contributed by atoms with Crippen molar-refractivity contribution in [3.05, 3.63) is 34.9 Å². The van der Waals surface area contributed by atoms with E-state index in [4.69, 9.17) is 0 Å². The average Bonchev–Trinajstić information content (AvgIpc) is 2.37. The molecule has 0 N–H and O–H groups in total. The number of nitriles is 1. The van der Waals surface area contributed by atoms with E-state index < -0.39 is 0 Å². The molecular formula is C17H23N. The van der Waals surface area contributed by atoms with Crippen LogP contribution in [0.2, 0.25) is 0 Å². The van der Waals surface area contributed by atoms with Crippen LogP contribution in [-0.2, 0) is 6.42 Å². The molecule has 1 nitrogen and oxygen atoms in total. The fourth-order valence-corrected chi connectivity index (χ4v) is 3.00. The van der Waals surface area contributed by atoms with Crippen LogP contribution in [0.4, 0.5) is 0 Å². The largest absolute Gasteiger partial charge is 0.198 e. The fourth-order valence-electron chi connectivity index (χ4n) is 3.00. The molecule has 0 bridgehead atoms. The minimum atomic E-state index is -0.106. The Balaban J connectivity index is 2.21. The highest BCUT2D eigenvalue weighted by Crippen LogP contribution is 2.41. The first-order valence-corrected chi connectivity index (χ1v) is 7.02. The molecule has 0 saturated heterocycles. The van der Waals surface area contributed by atoms with Crippen molar-refractivity contribution in [3.8, 4) is 6.07 Å². The van der Waals surface area contributed by atoms with Gasteiger partial charge in [-0.1, -0.05) is 30.7 Å². The highest BCUT2D eigenvalue weighted by molar-refractivity contribution is 5.32. The lowest BCUT2D eigenvalue weighted by molar-refractivity contribution is 0.218. The summed E-state index contributed by atoms with van der Waals surface area (Å²) in [5.74, 6) is 0.796. The molecule has 96 valence electrons. The molecular weight excluding hydrogens is 218 g/mol. The molecule has 1 heteroatoms. The summed E-state index contributed by atoms with van der Waals surface area (Å²) in [6.07, 6.45) is 5.48. The van der Waals surface area contributed by atoms with Gasteiger partial charge in [0.15, 0.2) is 0 Å². The van der Waals surface area contributed by atoms with Crippen molar-refractivity contribution in [1.29, 1.82) is 5.26 Å². The van der Waals surface area contributed by atoms with Crippen LogP contribution in [0.15, 0.2) is 18.2 Å². The summed E-state index contributed by atoms with van der Waals surface area (Å²) in [5, 5.41) is 9.60. The molecule has 1 aromatic rings. The first kappa shape index (κ1) is 13.1. The van der Waals surface area contributed by atoms with Gasteiger partial charge >= 0.3 is 0 Å². The van der Waals surface area contributed by atoms with Crippen molar-refractivity contribution in [3.63, 3.8) is 0 Å². The van der Waals surface area contributed by atoms with E-state index in [1.165, 1.54) is 29.5 Å². The quantitative estimate of drug-likeness (QED) is 0.744. The third kappa shape index (κ3) is 2.75. The van der Waals surface area contributed by atoms with Crippen LogP contribution in [0.25, 0.3) is 0 Å². The van der Waals surface area contributed by atoms with Crippen molar-refractivity contribution in [1.82, 2.24) is 0 Å². The van der Waals surface area contributed by atoms with Crippen LogP contribution in [-0.4, -0.2) is 0 Å². The Labute approximate surface area is 111 Å². The lowest BCUT2D eigenvalue weighted by Crippen LogP contribution is -2.27. The molecule has 0 unspecified atom stereocenters. The molecule has 2 rings (SSSR count). The molecule has 0 atom stereocenters. The van der Waals surface area contributed by atoms with Gasteiger partial charge in [-0.05, 0) is 63.0 Å². The van der Waals surface area contributed by atoms with Gasteiger partial charge in [0.25, 0.3) is 0 Å². The Bertz CT molecular complexity index is 459. The molecule has 1 saturated carbocycles. The van der Waals surface area contributed by atoms with E-state index in [2.05, 4.69) is 45.0 Å². The van der Waals surface area contributed by atoms with Gasteiger partial charge in [0, 0.05) is 0 Å². The highest BCUT2D eigenvalue weighted by atomic mass is 14.4. The van der Waals surface area contributed by atoms with Gasteiger partial charge in [0.2, 0.25) is 0 Å². The lowest BCUT2D eigenvalue weighted by atomic mass is 9.68. The van der Waals surface area contributed by atoms with Crippen LogP contribution < -0.4 is 0 Å². The Morgan fingerprint density at radius 3 is 2.56 bits per heavy atom. The minimum absolute atomic E-state index is 0.106.